The predicted molar refractivity (Wildman–Crippen MR) is 175 cm³/mol. The maximum absolute atomic E-state index is 13.2. The number of rotatable bonds is 15. The first-order valence-corrected chi connectivity index (χ1v) is 15.6. The number of carbonyl (C=O) groups is 7. The molecule has 1 heterocycles. The molecule has 15 nitrogen and oxygen atoms in total. The average Bonchev–Trinajstić information content (AvgIpc) is 3.51. The summed E-state index contributed by atoms with van der Waals surface area (Å²) in [6, 6.07) is 9.78. The number of hydrogen-bond donors (Lipinski definition) is 7. The molecule has 0 radical (unpaired) electrons. The second-order valence-corrected chi connectivity index (χ2v) is 12.0. The number of nitrogens with one attached hydrogen (secondary N) is 5. The van der Waals surface area contributed by atoms with Crippen LogP contribution >= 0.6 is 0 Å². The van der Waals surface area contributed by atoms with Crippen molar-refractivity contribution in [2.75, 3.05) is 23.7 Å². The highest BCUT2D eigenvalue weighted by atomic mass is 16.4. The summed E-state index contributed by atoms with van der Waals surface area (Å²) in [5, 5.41) is 31.5. The fraction of sp³-hybridized carbons (Fsp3) is 0.424. The first-order chi connectivity index (χ1) is 22.7. The average molecular weight is 667 g/mol. The van der Waals surface area contributed by atoms with Gasteiger partial charge in [-0.05, 0) is 61.4 Å². The van der Waals surface area contributed by atoms with Crippen molar-refractivity contribution in [3.63, 3.8) is 0 Å². The topological polar surface area (TPSA) is 223 Å². The number of nitrogens with zero attached hydrogens (tertiary/aromatic N) is 1. The van der Waals surface area contributed by atoms with Crippen molar-refractivity contribution in [3.8, 4) is 0 Å². The van der Waals surface area contributed by atoms with Gasteiger partial charge < -0.3 is 41.7 Å². The minimum Gasteiger partial charge on any atom is -0.481 e. The second-order valence-electron chi connectivity index (χ2n) is 12.0. The number of urea groups is 1. The molecule has 2 aromatic rings. The number of amides is 6. The zero-order chi connectivity index (χ0) is 35.4. The van der Waals surface area contributed by atoms with Gasteiger partial charge in [-0.3, -0.25) is 24.0 Å². The van der Waals surface area contributed by atoms with Crippen molar-refractivity contribution >= 4 is 53.0 Å². The Bertz CT molecular complexity index is 1510. The number of aliphatic carboxylic acids is 2. The summed E-state index contributed by atoms with van der Waals surface area (Å²) in [7, 11) is 0. The minimum absolute atomic E-state index is 0.0655. The van der Waals surface area contributed by atoms with Crippen LogP contribution in [0.4, 0.5) is 16.2 Å². The Kier molecular flexibility index (Phi) is 13.4. The van der Waals surface area contributed by atoms with E-state index in [2.05, 4.69) is 26.6 Å². The van der Waals surface area contributed by atoms with Gasteiger partial charge in [-0.15, -0.1) is 0 Å². The van der Waals surface area contributed by atoms with E-state index in [9.17, 15) is 43.8 Å². The molecule has 0 aliphatic carbocycles. The third kappa shape index (κ3) is 11.4. The Hall–Kier alpha value is -5.47. The van der Waals surface area contributed by atoms with Gasteiger partial charge in [0.2, 0.25) is 23.6 Å². The van der Waals surface area contributed by atoms with E-state index in [4.69, 9.17) is 0 Å². The van der Waals surface area contributed by atoms with E-state index >= 15 is 0 Å². The summed E-state index contributed by atoms with van der Waals surface area (Å²) in [5.41, 5.74) is 2.66. The van der Waals surface area contributed by atoms with E-state index in [1.165, 1.54) is 0 Å². The summed E-state index contributed by atoms with van der Waals surface area (Å²) in [6.07, 6.45) is 0.0622. The van der Waals surface area contributed by atoms with Crippen molar-refractivity contribution in [1.29, 1.82) is 0 Å². The van der Waals surface area contributed by atoms with Gasteiger partial charge in [0.05, 0.1) is 19.4 Å². The Morgan fingerprint density at radius 2 is 1.56 bits per heavy atom. The van der Waals surface area contributed by atoms with Crippen LogP contribution in [0, 0.1) is 12.8 Å². The quantitative estimate of drug-likeness (QED) is 0.147. The largest absolute Gasteiger partial charge is 0.481 e. The van der Waals surface area contributed by atoms with Crippen LogP contribution in [-0.4, -0.2) is 87.9 Å². The molecule has 3 rings (SSSR count). The number of anilines is 2. The molecular weight excluding hydrogens is 624 g/mol. The molecule has 7 N–H and O–H groups in total. The number of benzene rings is 2. The maximum atomic E-state index is 13.2. The van der Waals surface area contributed by atoms with Gasteiger partial charge in [0.15, 0.2) is 0 Å². The summed E-state index contributed by atoms with van der Waals surface area (Å²) >= 11 is 0. The molecule has 48 heavy (non-hydrogen) atoms. The van der Waals surface area contributed by atoms with E-state index in [-0.39, 0.29) is 31.7 Å². The van der Waals surface area contributed by atoms with Gasteiger partial charge in [0, 0.05) is 17.9 Å². The minimum atomic E-state index is -1.56. The monoisotopic (exact) mass is 666 g/mol. The molecule has 1 aliphatic heterocycles. The van der Waals surface area contributed by atoms with Gasteiger partial charge in [-0.25, -0.2) is 9.59 Å². The standard InChI is InChI=1S/C33H42N6O9/c1-19(2)15-24(31(45)37-25(17-29(42)43)30(44)34-18-28(41)39-14-6-9-26(39)32(46)47)36-27(40)16-21-10-12-22(13-11-21)35-33(48)38-23-8-5-4-7-20(23)3/h4-5,7-8,10-13,19,24-26H,6,9,14-18H2,1-3H3,(H,34,44)(H,36,40)(H,37,45)(H,42,43)(H,46,47)(H2,35,38,48). The summed E-state index contributed by atoms with van der Waals surface area (Å²) in [5.74, 6) is -5.48. The van der Waals surface area contributed by atoms with Crippen LogP contribution in [0.3, 0.4) is 0 Å². The third-order valence-corrected chi connectivity index (χ3v) is 7.61. The summed E-state index contributed by atoms with van der Waals surface area (Å²) in [6.45, 7) is 5.15. The molecule has 3 unspecified atom stereocenters. The number of hydrogen-bond acceptors (Lipinski definition) is 7. The molecule has 3 atom stereocenters. The molecule has 0 aromatic heterocycles. The molecule has 6 amide bonds. The zero-order valence-electron chi connectivity index (χ0n) is 27.1. The van der Waals surface area contributed by atoms with Crippen LogP contribution in [-0.2, 0) is 35.2 Å². The Morgan fingerprint density at radius 1 is 0.875 bits per heavy atom. The molecule has 0 bridgehead atoms. The second kappa shape index (κ2) is 17.4. The lowest BCUT2D eigenvalue weighted by Gasteiger charge is -2.24. The Balaban J connectivity index is 1.57. The first kappa shape index (κ1) is 37.0. The highest BCUT2D eigenvalue weighted by Gasteiger charge is 2.35. The van der Waals surface area contributed by atoms with Gasteiger partial charge in [-0.1, -0.05) is 44.2 Å². The SMILES string of the molecule is Cc1ccccc1NC(=O)Nc1ccc(CC(=O)NC(CC(C)C)C(=O)NC(CC(=O)O)C(=O)NCC(=O)N2CCCC2C(=O)O)cc1. The van der Waals surface area contributed by atoms with Crippen molar-refractivity contribution in [1.82, 2.24) is 20.9 Å². The van der Waals surface area contributed by atoms with E-state index in [0.717, 1.165) is 10.5 Å². The van der Waals surface area contributed by atoms with E-state index in [0.29, 0.717) is 23.4 Å². The highest BCUT2D eigenvalue weighted by molar-refractivity contribution is 6.00. The van der Waals surface area contributed by atoms with Crippen molar-refractivity contribution in [2.24, 2.45) is 5.92 Å². The van der Waals surface area contributed by atoms with Crippen molar-refractivity contribution in [3.05, 3.63) is 59.7 Å². The number of carboxylic acids is 2. The fourth-order valence-electron chi connectivity index (χ4n) is 5.20. The number of carbonyl (C=O) groups excluding carboxylic acids is 5. The van der Waals surface area contributed by atoms with E-state index in [1.807, 2.05) is 39.0 Å². The summed E-state index contributed by atoms with van der Waals surface area (Å²) in [4.78, 5) is 88.0. The van der Waals surface area contributed by atoms with Gasteiger partial charge >= 0.3 is 18.0 Å². The fourth-order valence-corrected chi connectivity index (χ4v) is 5.20. The van der Waals surface area contributed by atoms with Gasteiger partial charge in [0.25, 0.3) is 0 Å². The van der Waals surface area contributed by atoms with Crippen LogP contribution in [0.15, 0.2) is 48.5 Å². The lowest BCUT2D eigenvalue weighted by Crippen LogP contribution is -2.55. The number of likely N-dealkylation sites (tertiary alicyclic amines) is 1. The molecule has 258 valence electrons. The Morgan fingerprint density at radius 3 is 2.19 bits per heavy atom. The van der Waals surface area contributed by atoms with E-state index in [1.54, 1.807) is 30.3 Å². The molecule has 1 aliphatic rings. The highest BCUT2D eigenvalue weighted by Crippen LogP contribution is 2.18. The van der Waals surface area contributed by atoms with Crippen LogP contribution in [0.2, 0.25) is 0 Å². The third-order valence-electron chi connectivity index (χ3n) is 7.61. The lowest BCUT2D eigenvalue weighted by molar-refractivity contribution is -0.148. The normalized spacial score (nSPS) is 15.2. The van der Waals surface area contributed by atoms with Crippen LogP contribution in [0.1, 0.15) is 50.7 Å². The predicted octanol–water partition coefficient (Wildman–Crippen LogP) is 1.86. The number of para-hydroxylation sites is 1. The van der Waals surface area contributed by atoms with Gasteiger partial charge in [0.1, 0.15) is 18.1 Å². The zero-order valence-corrected chi connectivity index (χ0v) is 27.1. The van der Waals surface area contributed by atoms with Crippen LogP contribution in [0.25, 0.3) is 0 Å². The molecule has 1 fully saturated rings. The Labute approximate surface area is 277 Å². The molecular formula is C33H42N6O9. The van der Waals surface area contributed by atoms with Crippen LogP contribution < -0.4 is 26.6 Å². The smallest absolute Gasteiger partial charge is 0.326 e. The number of carboxylic acid groups (broad SMARTS) is 2. The number of aryl methyl sites for hydroxylation is 1. The summed E-state index contributed by atoms with van der Waals surface area (Å²) < 4.78 is 0. The molecule has 0 saturated carbocycles. The first-order valence-electron chi connectivity index (χ1n) is 15.6. The lowest BCUT2D eigenvalue weighted by atomic mass is 10.0. The molecule has 1 saturated heterocycles. The molecule has 0 spiro atoms. The van der Waals surface area contributed by atoms with E-state index < -0.39 is 72.7 Å². The maximum Gasteiger partial charge on any atom is 0.326 e. The molecule has 15 heteroatoms. The van der Waals surface area contributed by atoms with Crippen LogP contribution in [0.5, 0.6) is 0 Å². The van der Waals surface area contributed by atoms with Crippen molar-refractivity contribution < 1.29 is 43.8 Å². The van der Waals surface area contributed by atoms with Crippen molar-refractivity contribution in [2.45, 2.75) is 71.0 Å². The molecule has 2 aromatic carbocycles. The van der Waals surface area contributed by atoms with Gasteiger partial charge in [-0.2, -0.15) is 0 Å².